The second-order valence-corrected chi connectivity index (χ2v) is 5.42. The van der Waals surface area contributed by atoms with Crippen molar-refractivity contribution in [2.24, 2.45) is 7.05 Å². The molecule has 0 unspecified atom stereocenters. The topological polar surface area (TPSA) is 85.5 Å². The number of hydrogen-bond acceptors (Lipinski definition) is 5. The van der Waals surface area contributed by atoms with Gasteiger partial charge in [-0.05, 0) is 23.8 Å². The Labute approximate surface area is 143 Å². The number of nitrogens with one attached hydrogen (secondary N) is 1. The van der Waals surface area contributed by atoms with Crippen LogP contribution in [-0.4, -0.2) is 21.6 Å². The first-order chi connectivity index (χ1) is 12.0. The van der Waals surface area contributed by atoms with Gasteiger partial charge in [0.1, 0.15) is 11.6 Å². The molecule has 0 saturated heterocycles. The van der Waals surface area contributed by atoms with Gasteiger partial charge in [0.05, 0.1) is 7.11 Å². The first-order valence-corrected chi connectivity index (χ1v) is 7.54. The number of nitrogens with zero attached hydrogens (tertiary/aromatic N) is 2. The lowest BCUT2D eigenvalue weighted by atomic mass is 10.0. The quantitative estimate of drug-likeness (QED) is 0.712. The minimum atomic E-state index is -0.819. The Morgan fingerprint density at radius 1 is 1.04 bits per heavy atom. The van der Waals surface area contributed by atoms with Crippen LogP contribution in [0.1, 0.15) is 0 Å². The highest BCUT2D eigenvalue weighted by Crippen LogP contribution is 2.30. The standard InChI is InChI=1S/C18H17N3O4/c1-20-16(11-17(22)21(24)18(20)23)19-13-9-7-12(8-10-13)14-5-3-4-6-15(14)25-2/h3-11,19,24H,1-2H3. The third kappa shape index (κ3) is 3.12. The summed E-state index contributed by atoms with van der Waals surface area (Å²) in [7, 11) is 3.08. The van der Waals surface area contributed by atoms with Crippen LogP contribution >= 0.6 is 0 Å². The predicted molar refractivity (Wildman–Crippen MR) is 94.8 cm³/mol. The van der Waals surface area contributed by atoms with Crippen LogP contribution in [0.25, 0.3) is 11.1 Å². The molecule has 0 radical (unpaired) electrons. The summed E-state index contributed by atoms with van der Waals surface area (Å²) < 4.78 is 6.58. The first-order valence-electron chi connectivity index (χ1n) is 7.54. The fraction of sp³-hybridized carbons (Fsp3) is 0.111. The maximum Gasteiger partial charge on any atom is 0.365 e. The Kier molecular flexibility index (Phi) is 4.30. The number of hydrogen-bond donors (Lipinski definition) is 2. The van der Waals surface area contributed by atoms with Crippen LogP contribution in [0.5, 0.6) is 5.75 Å². The number of benzene rings is 2. The predicted octanol–water partition coefficient (Wildman–Crippen LogP) is 2.20. The van der Waals surface area contributed by atoms with E-state index in [0.717, 1.165) is 27.5 Å². The maximum atomic E-state index is 11.7. The monoisotopic (exact) mass is 339 g/mol. The van der Waals surface area contributed by atoms with E-state index in [-0.39, 0.29) is 10.5 Å². The number of para-hydroxylation sites is 1. The summed E-state index contributed by atoms with van der Waals surface area (Å²) in [6.07, 6.45) is 0. The molecule has 25 heavy (non-hydrogen) atoms. The van der Waals surface area contributed by atoms with E-state index in [4.69, 9.17) is 4.74 Å². The molecule has 0 fully saturated rings. The number of ether oxygens (including phenoxy) is 1. The summed E-state index contributed by atoms with van der Waals surface area (Å²) in [6, 6.07) is 16.3. The van der Waals surface area contributed by atoms with Gasteiger partial charge in [0.25, 0.3) is 5.56 Å². The molecule has 0 aliphatic carbocycles. The van der Waals surface area contributed by atoms with E-state index in [0.29, 0.717) is 5.69 Å². The summed E-state index contributed by atoms with van der Waals surface area (Å²) in [4.78, 5) is 23.3. The average Bonchev–Trinajstić information content (AvgIpc) is 2.65. The van der Waals surface area contributed by atoms with Gasteiger partial charge in [-0.1, -0.05) is 35.1 Å². The number of methoxy groups -OCH3 is 1. The highest BCUT2D eigenvalue weighted by atomic mass is 16.5. The molecule has 128 valence electrons. The fourth-order valence-corrected chi connectivity index (χ4v) is 2.50. The number of rotatable bonds is 4. The summed E-state index contributed by atoms with van der Waals surface area (Å²) in [5, 5.41) is 12.3. The molecule has 0 amide bonds. The minimum absolute atomic E-state index is 0.0654. The van der Waals surface area contributed by atoms with Crippen molar-refractivity contribution in [1.29, 1.82) is 0 Å². The SMILES string of the molecule is COc1ccccc1-c1ccc(Nc2cc(=O)n(O)c(=O)n2C)cc1. The molecule has 1 aromatic heterocycles. The number of aromatic nitrogens is 2. The van der Waals surface area contributed by atoms with Gasteiger partial charge in [0, 0.05) is 24.4 Å². The third-order valence-corrected chi connectivity index (χ3v) is 3.87. The molecule has 0 aliphatic heterocycles. The molecule has 0 spiro atoms. The lowest BCUT2D eigenvalue weighted by molar-refractivity contribution is 0.156. The van der Waals surface area contributed by atoms with E-state index in [1.165, 1.54) is 7.05 Å². The van der Waals surface area contributed by atoms with Crippen LogP contribution in [0.15, 0.2) is 64.2 Å². The number of anilines is 2. The molecule has 0 bridgehead atoms. The van der Waals surface area contributed by atoms with Crippen LogP contribution in [0.3, 0.4) is 0 Å². The summed E-state index contributed by atoms with van der Waals surface area (Å²) in [6.45, 7) is 0. The molecule has 1 heterocycles. The van der Waals surface area contributed by atoms with Crippen molar-refractivity contribution in [3.05, 3.63) is 75.4 Å². The van der Waals surface area contributed by atoms with Gasteiger partial charge >= 0.3 is 5.69 Å². The largest absolute Gasteiger partial charge is 0.496 e. The molecule has 3 aromatic rings. The van der Waals surface area contributed by atoms with E-state index in [9.17, 15) is 14.8 Å². The van der Waals surface area contributed by atoms with E-state index in [2.05, 4.69) is 5.32 Å². The second-order valence-electron chi connectivity index (χ2n) is 5.42. The fourth-order valence-electron chi connectivity index (χ4n) is 2.50. The van der Waals surface area contributed by atoms with Crippen molar-refractivity contribution in [2.75, 3.05) is 12.4 Å². The highest BCUT2D eigenvalue weighted by Gasteiger charge is 2.08. The Morgan fingerprint density at radius 2 is 1.72 bits per heavy atom. The Morgan fingerprint density at radius 3 is 2.40 bits per heavy atom. The van der Waals surface area contributed by atoms with Gasteiger partial charge in [-0.3, -0.25) is 9.36 Å². The van der Waals surface area contributed by atoms with E-state index >= 15 is 0 Å². The zero-order chi connectivity index (χ0) is 18.0. The van der Waals surface area contributed by atoms with Crippen LogP contribution in [0, 0.1) is 0 Å². The van der Waals surface area contributed by atoms with Crippen molar-refractivity contribution < 1.29 is 9.94 Å². The molecule has 3 rings (SSSR count). The Balaban J connectivity index is 1.92. The molecule has 0 aliphatic rings. The zero-order valence-electron chi connectivity index (χ0n) is 13.8. The van der Waals surface area contributed by atoms with Gasteiger partial charge < -0.3 is 15.3 Å². The first kappa shape index (κ1) is 16.4. The normalized spacial score (nSPS) is 10.5. The lowest BCUT2D eigenvalue weighted by Gasteiger charge is -2.12. The maximum absolute atomic E-state index is 11.7. The summed E-state index contributed by atoms with van der Waals surface area (Å²) in [5.41, 5.74) is 1.02. The van der Waals surface area contributed by atoms with Crippen molar-refractivity contribution in [2.45, 2.75) is 0 Å². The van der Waals surface area contributed by atoms with E-state index < -0.39 is 11.2 Å². The molecule has 7 heteroatoms. The van der Waals surface area contributed by atoms with Crippen molar-refractivity contribution in [3.8, 4) is 16.9 Å². The van der Waals surface area contributed by atoms with Crippen molar-refractivity contribution in [1.82, 2.24) is 9.30 Å². The average molecular weight is 339 g/mol. The van der Waals surface area contributed by atoms with E-state index in [1.54, 1.807) is 7.11 Å². The van der Waals surface area contributed by atoms with Gasteiger partial charge in [0.15, 0.2) is 0 Å². The Hall–Kier alpha value is -3.48. The van der Waals surface area contributed by atoms with Crippen molar-refractivity contribution in [3.63, 3.8) is 0 Å². The molecular formula is C18H17N3O4. The summed E-state index contributed by atoms with van der Waals surface area (Å²) in [5.74, 6) is 1.06. The third-order valence-electron chi connectivity index (χ3n) is 3.87. The molecular weight excluding hydrogens is 322 g/mol. The van der Waals surface area contributed by atoms with E-state index in [1.807, 2.05) is 48.5 Å². The minimum Gasteiger partial charge on any atom is -0.496 e. The summed E-state index contributed by atoms with van der Waals surface area (Å²) >= 11 is 0. The Bertz CT molecular complexity index is 1020. The molecule has 2 aromatic carbocycles. The van der Waals surface area contributed by atoms with Gasteiger partial charge in [-0.25, -0.2) is 4.79 Å². The van der Waals surface area contributed by atoms with Crippen LogP contribution in [0.2, 0.25) is 0 Å². The van der Waals surface area contributed by atoms with Crippen LogP contribution < -0.4 is 21.3 Å². The molecule has 0 atom stereocenters. The second kappa shape index (κ2) is 6.56. The lowest BCUT2D eigenvalue weighted by Crippen LogP contribution is -2.37. The van der Waals surface area contributed by atoms with Crippen LogP contribution in [0.4, 0.5) is 11.5 Å². The molecule has 2 N–H and O–H groups in total. The smallest absolute Gasteiger partial charge is 0.365 e. The van der Waals surface area contributed by atoms with Gasteiger partial charge in [-0.2, -0.15) is 0 Å². The van der Waals surface area contributed by atoms with Gasteiger partial charge in [0.2, 0.25) is 0 Å². The molecule has 0 saturated carbocycles. The van der Waals surface area contributed by atoms with Crippen molar-refractivity contribution >= 4 is 11.5 Å². The van der Waals surface area contributed by atoms with Crippen LogP contribution in [-0.2, 0) is 7.05 Å². The molecule has 7 nitrogen and oxygen atoms in total. The highest BCUT2D eigenvalue weighted by molar-refractivity contribution is 5.72. The zero-order valence-corrected chi connectivity index (χ0v) is 13.8. The van der Waals surface area contributed by atoms with Gasteiger partial charge in [-0.15, -0.1) is 0 Å².